The smallest absolute Gasteiger partial charge is 0.304 e. The molecular weight excluding hydrogens is 298 g/mol. The predicted molar refractivity (Wildman–Crippen MR) is 74.7 cm³/mol. The fourth-order valence-electron chi connectivity index (χ4n) is 1.53. The number of nitriles is 1. The molecule has 0 saturated heterocycles. The molecule has 0 unspecified atom stereocenters. The Hall–Kier alpha value is -1.95. The maximum Gasteiger partial charge on any atom is 0.304 e. The van der Waals surface area contributed by atoms with Gasteiger partial charge in [-0.15, -0.1) is 0 Å². The maximum atomic E-state index is 12.0. The number of nitrogens with one attached hydrogen (secondary N) is 2. The van der Waals surface area contributed by atoms with Crippen molar-refractivity contribution in [3.63, 3.8) is 0 Å². The van der Waals surface area contributed by atoms with E-state index >= 15 is 0 Å². The first-order chi connectivity index (χ1) is 9.51. The van der Waals surface area contributed by atoms with Crippen LogP contribution in [0.4, 0.5) is 0 Å². The van der Waals surface area contributed by atoms with Crippen LogP contribution in [0.15, 0.2) is 39.3 Å². The molecule has 0 aliphatic rings. The average molecular weight is 309 g/mol. The molecule has 8 heteroatoms. The molecule has 2 aromatic rings. The lowest BCUT2D eigenvalue weighted by atomic mass is 10.2. The van der Waals surface area contributed by atoms with Crippen molar-refractivity contribution in [1.82, 2.24) is 9.71 Å². The lowest BCUT2D eigenvalue weighted by Gasteiger charge is -2.06. The molecule has 0 atom stereocenters. The first-order valence-electron chi connectivity index (χ1n) is 5.63. The van der Waals surface area contributed by atoms with Gasteiger partial charge in [0.15, 0.2) is 0 Å². The fourth-order valence-corrected chi connectivity index (χ4v) is 3.12. The highest BCUT2D eigenvalue weighted by molar-refractivity contribution is 7.89. The van der Waals surface area contributed by atoms with E-state index in [0.29, 0.717) is 5.69 Å². The molecule has 0 radical (unpaired) electrons. The number of thiazole rings is 1. The van der Waals surface area contributed by atoms with Gasteiger partial charge >= 0.3 is 4.87 Å². The Morgan fingerprint density at radius 3 is 2.55 bits per heavy atom. The average Bonchev–Trinajstić information content (AvgIpc) is 2.84. The Morgan fingerprint density at radius 1 is 1.30 bits per heavy atom. The van der Waals surface area contributed by atoms with Crippen molar-refractivity contribution in [2.45, 2.75) is 17.9 Å². The van der Waals surface area contributed by atoms with Crippen molar-refractivity contribution in [3.05, 3.63) is 50.6 Å². The van der Waals surface area contributed by atoms with Gasteiger partial charge in [-0.05, 0) is 17.7 Å². The summed E-state index contributed by atoms with van der Waals surface area (Å²) >= 11 is 0.982. The van der Waals surface area contributed by atoms with Gasteiger partial charge in [0.05, 0.1) is 23.9 Å². The maximum absolute atomic E-state index is 12.0. The van der Waals surface area contributed by atoms with Gasteiger partial charge in [-0.3, -0.25) is 4.79 Å². The predicted octanol–water partition coefficient (Wildman–Crippen LogP) is 0.981. The minimum Gasteiger partial charge on any atom is -0.315 e. The van der Waals surface area contributed by atoms with Gasteiger partial charge in [-0.1, -0.05) is 23.5 Å². The van der Waals surface area contributed by atoms with Crippen LogP contribution in [0.25, 0.3) is 0 Å². The molecule has 0 spiro atoms. The quantitative estimate of drug-likeness (QED) is 0.859. The Kier molecular flexibility index (Phi) is 4.34. The minimum absolute atomic E-state index is 0.0288. The molecule has 1 aromatic heterocycles. The van der Waals surface area contributed by atoms with E-state index in [9.17, 15) is 13.2 Å². The first kappa shape index (κ1) is 14.5. The van der Waals surface area contributed by atoms with E-state index < -0.39 is 10.0 Å². The zero-order valence-corrected chi connectivity index (χ0v) is 11.9. The summed E-state index contributed by atoms with van der Waals surface area (Å²) < 4.78 is 26.4. The lowest BCUT2D eigenvalue weighted by Crippen LogP contribution is -2.23. The van der Waals surface area contributed by atoms with Crippen molar-refractivity contribution in [3.8, 4) is 6.07 Å². The molecule has 0 aliphatic carbocycles. The number of H-pyrrole nitrogens is 1. The van der Waals surface area contributed by atoms with Gasteiger partial charge in [0.2, 0.25) is 10.0 Å². The normalized spacial score (nSPS) is 11.2. The molecule has 2 N–H and O–H groups in total. The Labute approximate surface area is 119 Å². The monoisotopic (exact) mass is 309 g/mol. The van der Waals surface area contributed by atoms with Crippen LogP contribution < -0.4 is 9.60 Å². The number of benzene rings is 1. The molecule has 2 rings (SSSR count). The Balaban J connectivity index is 2.10. The van der Waals surface area contributed by atoms with Crippen LogP contribution in [0.1, 0.15) is 11.3 Å². The topological polar surface area (TPSA) is 103 Å². The molecular formula is C12H11N3O3S2. The summed E-state index contributed by atoms with van der Waals surface area (Å²) in [4.78, 5) is 13.4. The van der Waals surface area contributed by atoms with Gasteiger partial charge in [0, 0.05) is 11.1 Å². The van der Waals surface area contributed by atoms with Crippen molar-refractivity contribution in [2.75, 3.05) is 0 Å². The number of aromatic nitrogens is 1. The van der Waals surface area contributed by atoms with E-state index in [1.807, 2.05) is 6.07 Å². The van der Waals surface area contributed by atoms with Crippen LogP contribution in [-0.2, 0) is 23.0 Å². The molecule has 0 amide bonds. The second-order valence-electron chi connectivity index (χ2n) is 3.98. The van der Waals surface area contributed by atoms with Crippen LogP contribution in [0, 0.1) is 11.3 Å². The second-order valence-corrected chi connectivity index (χ2v) is 6.59. The van der Waals surface area contributed by atoms with Gasteiger partial charge < -0.3 is 4.98 Å². The number of hydrogen-bond acceptors (Lipinski definition) is 5. The lowest BCUT2D eigenvalue weighted by molar-refractivity contribution is 0.580. The number of sulfonamides is 1. The molecule has 1 aromatic carbocycles. The van der Waals surface area contributed by atoms with E-state index in [1.54, 1.807) is 17.5 Å². The van der Waals surface area contributed by atoms with E-state index in [0.717, 1.165) is 16.9 Å². The van der Waals surface area contributed by atoms with E-state index in [-0.39, 0.29) is 22.7 Å². The second kappa shape index (κ2) is 6.00. The van der Waals surface area contributed by atoms with E-state index in [1.165, 1.54) is 12.1 Å². The number of aromatic amines is 1. The molecule has 0 saturated carbocycles. The minimum atomic E-state index is -3.63. The van der Waals surface area contributed by atoms with Crippen molar-refractivity contribution in [1.29, 1.82) is 5.26 Å². The summed E-state index contributed by atoms with van der Waals surface area (Å²) in [6, 6.07) is 8.10. The van der Waals surface area contributed by atoms with Crippen LogP contribution >= 0.6 is 11.3 Å². The highest BCUT2D eigenvalue weighted by atomic mass is 32.2. The largest absolute Gasteiger partial charge is 0.315 e. The molecule has 104 valence electrons. The summed E-state index contributed by atoms with van der Waals surface area (Å²) in [5, 5.41) is 10.1. The summed E-state index contributed by atoms with van der Waals surface area (Å²) in [6.07, 6.45) is 0.240. The van der Waals surface area contributed by atoms with Crippen LogP contribution in [-0.4, -0.2) is 13.4 Å². The fraction of sp³-hybridized carbons (Fsp3) is 0.167. The summed E-state index contributed by atoms with van der Waals surface area (Å²) in [7, 11) is -3.63. The number of nitrogens with zero attached hydrogens (tertiary/aromatic N) is 1. The van der Waals surface area contributed by atoms with E-state index in [4.69, 9.17) is 5.26 Å². The van der Waals surface area contributed by atoms with Gasteiger partial charge in [-0.25, -0.2) is 13.1 Å². The third-order valence-corrected chi connectivity index (χ3v) is 4.68. The van der Waals surface area contributed by atoms with Gasteiger partial charge in [-0.2, -0.15) is 5.26 Å². The SMILES string of the molecule is N#CCc1ccc(S(=O)(=O)NCc2csc(=O)[nH]2)cc1. The summed E-state index contributed by atoms with van der Waals surface area (Å²) in [5.41, 5.74) is 1.28. The van der Waals surface area contributed by atoms with E-state index in [2.05, 4.69) is 9.71 Å². The van der Waals surface area contributed by atoms with Crippen LogP contribution in [0.2, 0.25) is 0 Å². The number of hydrogen-bond donors (Lipinski definition) is 2. The van der Waals surface area contributed by atoms with Crippen molar-refractivity contribution in [2.24, 2.45) is 0 Å². The van der Waals surface area contributed by atoms with Crippen LogP contribution in [0.5, 0.6) is 0 Å². The third-order valence-electron chi connectivity index (χ3n) is 2.54. The first-order valence-corrected chi connectivity index (χ1v) is 8.00. The van der Waals surface area contributed by atoms with Crippen molar-refractivity contribution >= 4 is 21.4 Å². The number of rotatable bonds is 5. The third kappa shape index (κ3) is 3.54. The molecule has 1 heterocycles. The van der Waals surface area contributed by atoms with Crippen LogP contribution in [0.3, 0.4) is 0 Å². The highest BCUT2D eigenvalue weighted by Crippen LogP contribution is 2.11. The molecule has 20 heavy (non-hydrogen) atoms. The summed E-state index contributed by atoms with van der Waals surface area (Å²) in [5.74, 6) is 0. The van der Waals surface area contributed by atoms with Gasteiger partial charge in [0.1, 0.15) is 0 Å². The Bertz CT molecular complexity index is 782. The Morgan fingerprint density at radius 2 is 2.00 bits per heavy atom. The molecule has 6 nitrogen and oxygen atoms in total. The van der Waals surface area contributed by atoms with Gasteiger partial charge in [0.25, 0.3) is 0 Å². The summed E-state index contributed by atoms with van der Waals surface area (Å²) in [6.45, 7) is 0.0288. The standard InChI is InChI=1S/C12H11N3O3S2/c13-6-5-9-1-3-11(4-2-9)20(17,18)14-7-10-8-19-12(16)15-10/h1-4,8,14H,5,7H2,(H,15,16). The molecule has 0 aliphatic heterocycles. The zero-order valence-electron chi connectivity index (χ0n) is 10.3. The molecule has 0 fully saturated rings. The zero-order chi connectivity index (χ0) is 14.6. The molecule has 0 bridgehead atoms. The van der Waals surface area contributed by atoms with Crippen molar-refractivity contribution < 1.29 is 8.42 Å². The highest BCUT2D eigenvalue weighted by Gasteiger charge is 2.13.